The molecule has 0 saturated heterocycles. The van der Waals surface area contributed by atoms with Gasteiger partial charge >= 0.3 is 0 Å². The normalized spacial score (nSPS) is 30.6. The standard InChI is InChI=1S/C14H28S/c1-4-7-12(2)13-8-5-10-14(15-3)11-6-9-13/h12-14H,4-11H2,1-3H3. The Labute approximate surface area is 101 Å². The smallest absolute Gasteiger partial charge is 0.00442 e. The SMILES string of the molecule is CCCC(C)C1CCCC(SC)CCC1. The Bertz CT molecular complexity index is 145. The van der Waals surface area contributed by atoms with Gasteiger partial charge < -0.3 is 0 Å². The Morgan fingerprint density at radius 3 is 2.20 bits per heavy atom. The van der Waals surface area contributed by atoms with Crippen molar-refractivity contribution >= 4 is 11.8 Å². The molecule has 0 bridgehead atoms. The fraction of sp³-hybridized carbons (Fsp3) is 1.00. The van der Waals surface area contributed by atoms with Gasteiger partial charge in [0.2, 0.25) is 0 Å². The van der Waals surface area contributed by atoms with Crippen molar-refractivity contribution in [3.05, 3.63) is 0 Å². The second-order valence-electron chi connectivity index (χ2n) is 5.25. The van der Waals surface area contributed by atoms with Crippen LogP contribution in [0.1, 0.15) is 65.2 Å². The molecule has 0 amide bonds. The summed E-state index contributed by atoms with van der Waals surface area (Å²) >= 11 is 2.09. The molecule has 0 radical (unpaired) electrons. The van der Waals surface area contributed by atoms with Crippen LogP contribution >= 0.6 is 11.8 Å². The maximum atomic E-state index is 2.47. The van der Waals surface area contributed by atoms with E-state index in [0.29, 0.717) is 0 Å². The Morgan fingerprint density at radius 1 is 1.13 bits per heavy atom. The summed E-state index contributed by atoms with van der Waals surface area (Å²) in [6.07, 6.45) is 14.0. The van der Waals surface area contributed by atoms with Crippen molar-refractivity contribution in [2.45, 2.75) is 70.5 Å². The highest BCUT2D eigenvalue weighted by Crippen LogP contribution is 2.33. The second kappa shape index (κ2) is 7.60. The third-order valence-electron chi connectivity index (χ3n) is 4.08. The third-order valence-corrected chi connectivity index (χ3v) is 5.22. The summed E-state index contributed by atoms with van der Waals surface area (Å²) in [7, 11) is 0. The lowest BCUT2D eigenvalue weighted by Gasteiger charge is -2.28. The molecule has 1 heteroatoms. The summed E-state index contributed by atoms with van der Waals surface area (Å²) in [5.41, 5.74) is 0. The van der Waals surface area contributed by atoms with Crippen molar-refractivity contribution in [3.8, 4) is 0 Å². The first-order chi connectivity index (χ1) is 7.27. The molecule has 1 aliphatic rings. The lowest BCUT2D eigenvalue weighted by atomic mass is 9.81. The predicted molar refractivity (Wildman–Crippen MR) is 72.6 cm³/mol. The molecule has 0 nitrogen and oxygen atoms in total. The zero-order valence-corrected chi connectivity index (χ0v) is 11.6. The van der Waals surface area contributed by atoms with Crippen LogP contribution in [0, 0.1) is 11.8 Å². The largest absolute Gasteiger partial charge is 0.162 e. The number of hydrogen-bond acceptors (Lipinski definition) is 1. The predicted octanol–water partition coefficient (Wildman–Crippen LogP) is 5.12. The van der Waals surface area contributed by atoms with Gasteiger partial charge in [0.05, 0.1) is 0 Å². The van der Waals surface area contributed by atoms with E-state index < -0.39 is 0 Å². The van der Waals surface area contributed by atoms with Gasteiger partial charge in [0.15, 0.2) is 0 Å². The van der Waals surface area contributed by atoms with Crippen molar-refractivity contribution in [1.82, 2.24) is 0 Å². The maximum Gasteiger partial charge on any atom is 0.00442 e. The van der Waals surface area contributed by atoms with Gasteiger partial charge in [-0.25, -0.2) is 0 Å². The van der Waals surface area contributed by atoms with Crippen LogP contribution in [0.2, 0.25) is 0 Å². The summed E-state index contributed by atoms with van der Waals surface area (Å²) in [4.78, 5) is 0. The molecule has 15 heavy (non-hydrogen) atoms. The lowest BCUT2D eigenvalue weighted by molar-refractivity contribution is 0.269. The first kappa shape index (κ1) is 13.4. The van der Waals surface area contributed by atoms with E-state index in [2.05, 4.69) is 31.9 Å². The zero-order valence-electron chi connectivity index (χ0n) is 10.8. The summed E-state index contributed by atoms with van der Waals surface area (Å²) in [5, 5.41) is 0.965. The van der Waals surface area contributed by atoms with E-state index in [0.717, 1.165) is 17.1 Å². The monoisotopic (exact) mass is 228 g/mol. The molecule has 0 heterocycles. The van der Waals surface area contributed by atoms with Crippen LogP contribution in [0.15, 0.2) is 0 Å². The third kappa shape index (κ3) is 4.80. The minimum absolute atomic E-state index is 0.965. The molecular formula is C14H28S. The van der Waals surface area contributed by atoms with Gasteiger partial charge in [-0.2, -0.15) is 11.8 Å². The summed E-state index contributed by atoms with van der Waals surface area (Å²) in [6, 6.07) is 0. The summed E-state index contributed by atoms with van der Waals surface area (Å²) in [5.74, 6) is 2.01. The molecule has 0 aromatic carbocycles. The van der Waals surface area contributed by atoms with Crippen LogP contribution in [0.25, 0.3) is 0 Å². The quantitative estimate of drug-likeness (QED) is 0.643. The van der Waals surface area contributed by atoms with Gasteiger partial charge in [0.1, 0.15) is 0 Å². The van der Waals surface area contributed by atoms with E-state index in [1.165, 1.54) is 51.4 Å². The molecule has 0 aliphatic heterocycles. The Kier molecular flexibility index (Phi) is 6.79. The Balaban J connectivity index is 2.31. The van der Waals surface area contributed by atoms with Crippen LogP contribution in [-0.4, -0.2) is 11.5 Å². The van der Waals surface area contributed by atoms with Gasteiger partial charge in [-0.3, -0.25) is 0 Å². The number of hydrogen-bond donors (Lipinski definition) is 0. The van der Waals surface area contributed by atoms with Crippen molar-refractivity contribution in [1.29, 1.82) is 0 Å². The van der Waals surface area contributed by atoms with Gasteiger partial charge in [0.25, 0.3) is 0 Å². The van der Waals surface area contributed by atoms with E-state index in [1.807, 2.05) is 0 Å². The summed E-state index contributed by atoms with van der Waals surface area (Å²) in [6.45, 7) is 4.80. The van der Waals surface area contributed by atoms with Gasteiger partial charge in [0, 0.05) is 5.25 Å². The molecule has 1 atom stereocenters. The highest BCUT2D eigenvalue weighted by atomic mass is 32.2. The average Bonchev–Trinajstić information content (AvgIpc) is 2.18. The molecule has 0 aromatic rings. The molecule has 0 N–H and O–H groups in total. The molecule has 1 aliphatic carbocycles. The molecule has 0 spiro atoms. The zero-order chi connectivity index (χ0) is 11.1. The van der Waals surface area contributed by atoms with Crippen LogP contribution in [-0.2, 0) is 0 Å². The Morgan fingerprint density at radius 2 is 1.73 bits per heavy atom. The maximum absolute atomic E-state index is 2.47. The van der Waals surface area contributed by atoms with Crippen molar-refractivity contribution in [2.75, 3.05) is 6.26 Å². The first-order valence-electron chi connectivity index (χ1n) is 6.80. The highest BCUT2D eigenvalue weighted by molar-refractivity contribution is 7.99. The fourth-order valence-corrected chi connectivity index (χ4v) is 3.80. The topological polar surface area (TPSA) is 0 Å². The van der Waals surface area contributed by atoms with Crippen LogP contribution < -0.4 is 0 Å². The average molecular weight is 228 g/mol. The molecule has 0 aromatic heterocycles. The highest BCUT2D eigenvalue weighted by Gasteiger charge is 2.20. The van der Waals surface area contributed by atoms with E-state index in [9.17, 15) is 0 Å². The molecule has 1 rings (SSSR count). The minimum Gasteiger partial charge on any atom is -0.162 e. The fourth-order valence-electron chi connectivity index (χ4n) is 3.00. The number of rotatable bonds is 4. The first-order valence-corrected chi connectivity index (χ1v) is 8.09. The molecular weight excluding hydrogens is 200 g/mol. The van der Waals surface area contributed by atoms with Crippen LogP contribution in [0.4, 0.5) is 0 Å². The molecule has 1 unspecified atom stereocenters. The summed E-state index contributed by atoms with van der Waals surface area (Å²) < 4.78 is 0. The van der Waals surface area contributed by atoms with E-state index >= 15 is 0 Å². The second-order valence-corrected chi connectivity index (χ2v) is 6.38. The van der Waals surface area contributed by atoms with Crippen LogP contribution in [0.5, 0.6) is 0 Å². The van der Waals surface area contributed by atoms with Crippen molar-refractivity contribution in [2.24, 2.45) is 11.8 Å². The van der Waals surface area contributed by atoms with Gasteiger partial charge in [-0.15, -0.1) is 0 Å². The molecule has 90 valence electrons. The van der Waals surface area contributed by atoms with Crippen molar-refractivity contribution in [3.63, 3.8) is 0 Å². The molecule has 1 saturated carbocycles. The molecule has 1 fully saturated rings. The van der Waals surface area contributed by atoms with E-state index in [4.69, 9.17) is 0 Å². The van der Waals surface area contributed by atoms with Gasteiger partial charge in [-0.05, 0) is 30.9 Å². The van der Waals surface area contributed by atoms with Gasteiger partial charge in [-0.1, -0.05) is 52.4 Å². The minimum atomic E-state index is 0.965. The van der Waals surface area contributed by atoms with E-state index in [1.54, 1.807) is 0 Å². The van der Waals surface area contributed by atoms with Crippen molar-refractivity contribution < 1.29 is 0 Å². The van der Waals surface area contributed by atoms with E-state index in [-0.39, 0.29) is 0 Å². The number of thioether (sulfide) groups is 1. The van der Waals surface area contributed by atoms with Crippen LogP contribution in [0.3, 0.4) is 0 Å². The lowest BCUT2D eigenvalue weighted by Crippen LogP contribution is -2.16. The Hall–Kier alpha value is 0.350.